The second kappa shape index (κ2) is 5.35. The lowest BCUT2D eigenvalue weighted by molar-refractivity contribution is 0.565. The molecule has 0 amide bonds. The van der Waals surface area contributed by atoms with Gasteiger partial charge in [-0.2, -0.15) is 0 Å². The largest absolute Gasteiger partial charge is 0.0946 e. The average molecular weight is 292 g/mol. The molecule has 1 aliphatic heterocycles. The minimum absolute atomic E-state index is 0.266. The molecule has 1 atom stereocenters. The second-order valence-corrected chi connectivity index (χ2v) is 12.6. The van der Waals surface area contributed by atoms with Gasteiger partial charge in [0.1, 0.15) is 0 Å². The molecule has 1 aliphatic rings. The fourth-order valence-corrected chi connectivity index (χ4v) is 6.37. The van der Waals surface area contributed by atoms with Crippen molar-refractivity contribution in [3.63, 3.8) is 0 Å². The first-order valence-corrected chi connectivity index (χ1v) is 11.2. The van der Waals surface area contributed by atoms with Crippen LogP contribution in [0, 0.1) is 11.8 Å². The highest BCUT2D eigenvalue weighted by Crippen LogP contribution is 2.48. The first-order chi connectivity index (χ1) is 10.0. The Morgan fingerprint density at radius 3 is 2.57 bits per heavy atom. The van der Waals surface area contributed by atoms with Crippen molar-refractivity contribution in [1.82, 2.24) is 0 Å². The summed E-state index contributed by atoms with van der Waals surface area (Å²) in [6.07, 6.45) is 4.03. The summed E-state index contributed by atoms with van der Waals surface area (Å²) in [4.78, 5) is 0. The molecule has 0 saturated carbocycles. The molecule has 0 nitrogen and oxygen atoms in total. The maximum atomic E-state index is 3.71. The molecule has 0 aromatic heterocycles. The maximum absolute atomic E-state index is 3.71. The van der Waals surface area contributed by atoms with Crippen molar-refractivity contribution >= 4 is 18.8 Å². The van der Waals surface area contributed by atoms with Crippen molar-refractivity contribution < 1.29 is 0 Å². The molecule has 1 saturated heterocycles. The quantitative estimate of drug-likeness (QED) is 0.422. The Morgan fingerprint density at radius 2 is 1.76 bits per heavy atom. The van der Waals surface area contributed by atoms with E-state index in [1.165, 1.54) is 41.6 Å². The molecular weight excluding hydrogens is 268 g/mol. The molecule has 0 N–H and O–H groups in total. The summed E-state index contributed by atoms with van der Waals surface area (Å²) in [6, 6.07) is 16.4. The zero-order valence-electron chi connectivity index (χ0n) is 13.4. The Balaban J connectivity index is 2.03. The molecular formula is C20H24Si. The highest BCUT2D eigenvalue weighted by Gasteiger charge is 2.43. The first-order valence-electron chi connectivity index (χ1n) is 8.03. The van der Waals surface area contributed by atoms with E-state index in [-0.39, 0.29) is 5.04 Å². The van der Waals surface area contributed by atoms with Crippen molar-refractivity contribution in [2.24, 2.45) is 0 Å². The van der Waals surface area contributed by atoms with E-state index < -0.39 is 8.07 Å². The summed E-state index contributed by atoms with van der Waals surface area (Å²) < 4.78 is 0. The predicted octanol–water partition coefficient (Wildman–Crippen LogP) is 5.84. The third-order valence-corrected chi connectivity index (χ3v) is 10.5. The molecule has 1 heteroatoms. The Bertz CT molecular complexity index is 712. The van der Waals surface area contributed by atoms with Crippen molar-refractivity contribution in [2.45, 2.75) is 50.4 Å². The minimum atomic E-state index is -1.24. The van der Waals surface area contributed by atoms with Gasteiger partial charge < -0.3 is 0 Å². The molecule has 0 spiro atoms. The van der Waals surface area contributed by atoms with Crippen LogP contribution in [0.3, 0.4) is 0 Å². The van der Waals surface area contributed by atoms with Gasteiger partial charge in [-0.3, -0.25) is 0 Å². The Labute approximate surface area is 129 Å². The van der Waals surface area contributed by atoms with E-state index in [9.17, 15) is 0 Å². The zero-order chi connectivity index (χ0) is 14.9. The number of hydrogen-bond acceptors (Lipinski definition) is 0. The minimum Gasteiger partial charge on any atom is -0.0946 e. The van der Waals surface area contributed by atoms with Crippen LogP contribution in [-0.2, 0) is 0 Å². The van der Waals surface area contributed by atoms with Crippen LogP contribution >= 0.6 is 0 Å². The van der Waals surface area contributed by atoms with E-state index in [0.29, 0.717) is 0 Å². The molecule has 21 heavy (non-hydrogen) atoms. The standard InChI is InChI=1S/C20H24Si/c1-20(14-6-7-16-21(20,2)3)15-13-18-11-8-10-17-9-4-5-12-19(17)18/h4-5,8-12H,6-7,14,16H2,1-3H3. The van der Waals surface area contributed by atoms with Crippen molar-refractivity contribution in [3.8, 4) is 11.8 Å². The first kappa shape index (κ1) is 14.4. The summed E-state index contributed by atoms with van der Waals surface area (Å²) in [5.74, 6) is 7.25. The lowest BCUT2D eigenvalue weighted by Crippen LogP contribution is -2.42. The molecule has 2 aromatic carbocycles. The predicted molar refractivity (Wildman–Crippen MR) is 95.3 cm³/mol. The van der Waals surface area contributed by atoms with Crippen LogP contribution in [0.4, 0.5) is 0 Å². The monoisotopic (exact) mass is 292 g/mol. The van der Waals surface area contributed by atoms with Gasteiger partial charge in [-0.1, -0.05) is 87.1 Å². The van der Waals surface area contributed by atoms with Crippen LogP contribution < -0.4 is 0 Å². The number of hydrogen-bond donors (Lipinski definition) is 0. The van der Waals surface area contributed by atoms with Crippen molar-refractivity contribution in [3.05, 3.63) is 48.0 Å². The van der Waals surface area contributed by atoms with Crippen molar-refractivity contribution in [1.29, 1.82) is 0 Å². The SMILES string of the molecule is CC1(C#Cc2cccc3ccccc23)CCCC[Si]1(C)C. The lowest BCUT2D eigenvalue weighted by Gasteiger charge is -2.43. The Kier molecular flexibility index (Phi) is 3.67. The van der Waals surface area contributed by atoms with Gasteiger partial charge in [0, 0.05) is 10.6 Å². The van der Waals surface area contributed by atoms with E-state index in [4.69, 9.17) is 0 Å². The smallest absolute Gasteiger partial charge is 0.0678 e. The number of fused-ring (bicyclic) bond motifs is 1. The van der Waals surface area contributed by atoms with E-state index in [1.54, 1.807) is 0 Å². The summed E-state index contributed by atoms with van der Waals surface area (Å²) in [5, 5.41) is 2.84. The van der Waals surface area contributed by atoms with Gasteiger partial charge in [0.2, 0.25) is 0 Å². The fourth-order valence-electron chi connectivity index (χ4n) is 3.43. The highest BCUT2D eigenvalue weighted by atomic mass is 28.3. The lowest BCUT2D eigenvalue weighted by atomic mass is 10.0. The molecule has 0 aliphatic carbocycles. The van der Waals surface area contributed by atoms with Gasteiger partial charge in [-0.15, -0.1) is 0 Å². The van der Waals surface area contributed by atoms with Gasteiger partial charge in [-0.05, 0) is 23.3 Å². The molecule has 2 aromatic rings. The fraction of sp³-hybridized carbons (Fsp3) is 0.400. The molecule has 1 heterocycles. The summed E-state index contributed by atoms with van der Waals surface area (Å²) in [5.41, 5.74) is 1.18. The maximum Gasteiger partial charge on any atom is 0.0678 e. The van der Waals surface area contributed by atoms with E-state index in [1.807, 2.05) is 0 Å². The van der Waals surface area contributed by atoms with Crippen LogP contribution in [-0.4, -0.2) is 8.07 Å². The van der Waals surface area contributed by atoms with Gasteiger partial charge in [0.25, 0.3) is 0 Å². The number of rotatable bonds is 0. The van der Waals surface area contributed by atoms with Gasteiger partial charge >= 0.3 is 0 Å². The molecule has 1 unspecified atom stereocenters. The highest BCUT2D eigenvalue weighted by molar-refractivity contribution is 6.81. The van der Waals surface area contributed by atoms with Gasteiger partial charge in [-0.25, -0.2) is 0 Å². The van der Waals surface area contributed by atoms with Crippen molar-refractivity contribution in [2.75, 3.05) is 0 Å². The van der Waals surface area contributed by atoms with E-state index in [2.05, 4.69) is 74.3 Å². The van der Waals surface area contributed by atoms with Crippen LogP contribution in [0.2, 0.25) is 24.2 Å². The van der Waals surface area contributed by atoms with Crippen LogP contribution in [0.5, 0.6) is 0 Å². The molecule has 3 rings (SSSR count). The summed E-state index contributed by atoms with van der Waals surface area (Å²) >= 11 is 0. The molecule has 0 radical (unpaired) electrons. The van der Waals surface area contributed by atoms with Crippen LogP contribution in [0.15, 0.2) is 42.5 Å². The second-order valence-electron chi connectivity index (χ2n) is 7.20. The average Bonchev–Trinajstić information content (AvgIpc) is 2.48. The van der Waals surface area contributed by atoms with Crippen LogP contribution in [0.1, 0.15) is 31.7 Å². The van der Waals surface area contributed by atoms with Crippen LogP contribution in [0.25, 0.3) is 10.8 Å². The van der Waals surface area contributed by atoms with Gasteiger partial charge in [0.05, 0.1) is 8.07 Å². The van der Waals surface area contributed by atoms with E-state index >= 15 is 0 Å². The zero-order valence-corrected chi connectivity index (χ0v) is 14.4. The topological polar surface area (TPSA) is 0 Å². The molecule has 108 valence electrons. The van der Waals surface area contributed by atoms with E-state index in [0.717, 1.165) is 0 Å². The third-order valence-electron chi connectivity index (χ3n) is 5.48. The third kappa shape index (κ3) is 2.65. The summed E-state index contributed by atoms with van der Waals surface area (Å²) in [6.45, 7) is 7.45. The number of benzene rings is 2. The Hall–Kier alpha value is -1.52. The normalized spacial score (nSPS) is 24.3. The van der Waals surface area contributed by atoms with Gasteiger partial charge in [0.15, 0.2) is 0 Å². The molecule has 0 bridgehead atoms. The summed E-state index contributed by atoms with van der Waals surface area (Å²) in [7, 11) is -1.24. The Morgan fingerprint density at radius 1 is 1.00 bits per heavy atom. The molecule has 1 fully saturated rings.